The Labute approximate surface area is 198 Å². The van der Waals surface area contributed by atoms with Crippen LogP contribution < -0.4 is 10.6 Å². The number of anilines is 2. The summed E-state index contributed by atoms with van der Waals surface area (Å²) in [5.41, 5.74) is 13.8. The van der Waals surface area contributed by atoms with E-state index in [1.807, 2.05) is 30.6 Å². The molecule has 5 aromatic rings. The lowest BCUT2D eigenvalue weighted by atomic mass is 9.94. The van der Waals surface area contributed by atoms with E-state index in [0.29, 0.717) is 12.4 Å². The first-order chi connectivity index (χ1) is 16.7. The number of nitrogens with zero attached hydrogens (tertiary/aromatic N) is 5. The average Bonchev–Trinajstić information content (AvgIpc) is 3.25. The minimum Gasteiger partial charge on any atom is -0.384 e. The largest absolute Gasteiger partial charge is 0.384 e. The van der Waals surface area contributed by atoms with Crippen LogP contribution in [0.4, 0.5) is 17.2 Å². The number of aromatic nitrogens is 3. The molecule has 0 amide bonds. The number of hydrogen-bond acceptors (Lipinski definition) is 5. The maximum atomic E-state index is 6.10. The molecule has 4 heterocycles. The van der Waals surface area contributed by atoms with Crippen LogP contribution in [0.2, 0.25) is 0 Å². The molecule has 6 nitrogen and oxygen atoms in total. The number of rotatable bonds is 4. The van der Waals surface area contributed by atoms with Crippen LogP contribution in [0.5, 0.6) is 0 Å². The number of hydrogen-bond donors (Lipinski definition) is 1. The zero-order valence-electron chi connectivity index (χ0n) is 18.8. The standard InChI is InChI=1S/C28H24N6/c1-33-14-10-19-7-8-20(16-25(19)33)23-5-2-6-24-28(23)34(15-13-31-24)27(22-4-3-11-30-18-22)21-9-12-32-26(29)17-21/h2-14,16-18,27H,15H2,1H3,(H2,29,32). The zero-order valence-corrected chi connectivity index (χ0v) is 18.8. The van der Waals surface area contributed by atoms with Crippen LogP contribution in [0.3, 0.4) is 0 Å². The second-order valence-corrected chi connectivity index (χ2v) is 8.54. The first kappa shape index (κ1) is 20.2. The van der Waals surface area contributed by atoms with Crippen LogP contribution >= 0.6 is 0 Å². The van der Waals surface area contributed by atoms with Crippen molar-refractivity contribution < 1.29 is 0 Å². The van der Waals surface area contributed by atoms with Crippen molar-refractivity contribution in [1.29, 1.82) is 0 Å². The maximum Gasteiger partial charge on any atom is 0.123 e. The van der Waals surface area contributed by atoms with Gasteiger partial charge in [-0.1, -0.05) is 30.3 Å². The summed E-state index contributed by atoms with van der Waals surface area (Å²) in [5, 5.41) is 1.23. The summed E-state index contributed by atoms with van der Waals surface area (Å²) in [5.74, 6) is 0.500. The fourth-order valence-corrected chi connectivity index (χ4v) is 4.88. The molecule has 2 aromatic carbocycles. The minimum atomic E-state index is -0.0931. The Kier molecular flexibility index (Phi) is 4.84. The van der Waals surface area contributed by atoms with Gasteiger partial charge in [0.1, 0.15) is 5.82 Å². The van der Waals surface area contributed by atoms with E-state index in [-0.39, 0.29) is 6.04 Å². The first-order valence-electron chi connectivity index (χ1n) is 11.3. The lowest BCUT2D eigenvalue weighted by molar-refractivity contribution is 0.753. The molecule has 0 saturated heterocycles. The summed E-state index contributed by atoms with van der Waals surface area (Å²) in [6.07, 6.45) is 9.55. The van der Waals surface area contributed by atoms with Crippen LogP contribution in [0, 0.1) is 0 Å². The van der Waals surface area contributed by atoms with Gasteiger partial charge in [-0.05, 0) is 58.5 Å². The Balaban J connectivity index is 1.57. The number of aliphatic imine (C=N–C) groups is 1. The third-order valence-corrected chi connectivity index (χ3v) is 6.44. The van der Waals surface area contributed by atoms with Crippen molar-refractivity contribution in [3.05, 3.63) is 103 Å². The zero-order chi connectivity index (χ0) is 23.1. The molecule has 6 rings (SSSR count). The smallest absolute Gasteiger partial charge is 0.123 e. The molecule has 0 bridgehead atoms. The van der Waals surface area contributed by atoms with Crippen molar-refractivity contribution in [3.63, 3.8) is 0 Å². The van der Waals surface area contributed by atoms with Crippen molar-refractivity contribution in [2.24, 2.45) is 12.0 Å². The molecule has 3 aromatic heterocycles. The normalized spacial score (nSPS) is 13.7. The summed E-state index contributed by atoms with van der Waals surface area (Å²) >= 11 is 0. The van der Waals surface area contributed by atoms with Gasteiger partial charge >= 0.3 is 0 Å². The van der Waals surface area contributed by atoms with E-state index >= 15 is 0 Å². The highest BCUT2D eigenvalue weighted by molar-refractivity contribution is 5.95. The highest BCUT2D eigenvalue weighted by Crippen LogP contribution is 2.45. The van der Waals surface area contributed by atoms with Crippen LogP contribution in [-0.2, 0) is 7.05 Å². The molecule has 166 valence electrons. The fraction of sp³-hybridized carbons (Fsp3) is 0.107. The van der Waals surface area contributed by atoms with Gasteiger partial charge in [0.25, 0.3) is 0 Å². The van der Waals surface area contributed by atoms with E-state index in [1.165, 1.54) is 10.9 Å². The van der Waals surface area contributed by atoms with Gasteiger partial charge in [0.05, 0.1) is 24.0 Å². The molecule has 0 saturated carbocycles. The van der Waals surface area contributed by atoms with Gasteiger partial charge in [0.15, 0.2) is 0 Å². The number of pyridine rings is 2. The number of nitrogens with two attached hydrogens (primary N) is 1. The molecule has 0 aliphatic carbocycles. The second-order valence-electron chi connectivity index (χ2n) is 8.54. The predicted octanol–water partition coefficient (Wildman–Crippen LogP) is 5.53. The highest BCUT2D eigenvalue weighted by atomic mass is 15.2. The first-order valence-corrected chi connectivity index (χ1v) is 11.3. The topological polar surface area (TPSA) is 72.3 Å². The molecule has 2 N–H and O–H groups in total. The van der Waals surface area contributed by atoms with E-state index in [2.05, 4.69) is 81.2 Å². The van der Waals surface area contributed by atoms with Crippen LogP contribution in [-0.4, -0.2) is 27.3 Å². The van der Waals surface area contributed by atoms with Gasteiger partial charge in [-0.3, -0.25) is 9.98 Å². The predicted molar refractivity (Wildman–Crippen MR) is 139 cm³/mol. The summed E-state index contributed by atoms with van der Waals surface area (Å²) < 4.78 is 2.16. The van der Waals surface area contributed by atoms with Crippen LogP contribution in [0.1, 0.15) is 17.2 Å². The maximum absolute atomic E-state index is 6.10. The number of benzene rings is 2. The third kappa shape index (κ3) is 3.40. The van der Waals surface area contributed by atoms with Gasteiger partial charge < -0.3 is 15.2 Å². The van der Waals surface area contributed by atoms with Crippen molar-refractivity contribution in [1.82, 2.24) is 14.5 Å². The lowest BCUT2D eigenvalue weighted by Crippen LogP contribution is -2.33. The van der Waals surface area contributed by atoms with Gasteiger partial charge in [0.2, 0.25) is 0 Å². The summed E-state index contributed by atoms with van der Waals surface area (Å²) in [4.78, 5) is 15.8. The molecular formula is C28H24N6. The molecule has 34 heavy (non-hydrogen) atoms. The highest BCUT2D eigenvalue weighted by Gasteiger charge is 2.29. The molecule has 1 atom stereocenters. The Hall–Kier alpha value is -4.45. The SMILES string of the molecule is Cn1ccc2ccc(-c3cccc4c3N(C(c3cccnc3)c3ccnc(N)c3)CC=N4)cc21. The Morgan fingerprint density at radius 1 is 0.941 bits per heavy atom. The van der Waals surface area contributed by atoms with Gasteiger partial charge in [0, 0.05) is 49.1 Å². The molecule has 6 heteroatoms. The van der Waals surface area contributed by atoms with Crippen LogP contribution in [0.25, 0.3) is 22.0 Å². The van der Waals surface area contributed by atoms with Crippen LogP contribution in [0.15, 0.2) is 96.5 Å². The number of nitrogen functional groups attached to an aromatic ring is 1. The number of aryl methyl sites for hydroxylation is 1. The molecule has 0 spiro atoms. The van der Waals surface area contributed by atoms with Crippen molar-refractivity contribution in [2.75, 3.05) is 17.2 Å². The number of para-hydroxylation sites is 1. The molecule has 1 aliphatic rings. The van der Waals surface area contributed by atoms with Crippen molar-refractivity contribution in [3.8, 4) is 11.1 Å². The van der Waals surface area contributed by atoms with Crippen molar-refractivity contribution >= 4 is 34.3 Å². The summed E-state index contributed by atoms with van der Waals surface area (Å²) in [6.45, 7) is 0.665. The van der Waals surface area contributed by atoms with E-state index in [9.17, 15) is 0 Å². The van der Waals surface area contributed by atoms with E-state index in [0.717, 1.165) is 33.6 Å². The Morgan fingerprint density at radius 2 is 1.88 bits per heavy atom. The van der Waals surface area contributed by atoms with Gasteiger partial charge in [-0.15, -0.1) is 0 Å². The Morgan fingerprint density at radius 3 is 2.74 bits per heavy atom. The number of fused-ring (bicyclic) bond motifs is 2. The molecule has 1 aliphatic heterocycles. The second kappa shape index (κ2) is 8.15. The quantitative estimate of drug-likeness (QED) is 0.396. The monoisotopic (exact) mass is 444 g/mol. The average molecular weight is 445 g/mol. The molecule has 1 unspecified atom stereocenters. The third-order valence-electron chi connectivity index (χ3n) is 6.44. The van der Waals surface area contributed by atoms with E-state index < -0.39 is 0 Å². The summed E-state index contributed by atoms with van der Waals surface area (Å²) in [6, 6.07) is 23.1. The Bertz CT molecular complexity index is 1520. The molecule has 0 fully saturated rings. The fourth-order valence-electron chi connectivity index (χ4n) is 4.88. The molecular weight excluding hydrogens is 420 g/mol. The van der Waals surface area contributed by atoms with Crippen molar-refractivity contribution in [2.45, 2.75) is 6.04 Å². The van der Waals surface area contributed by atoms with Gasteiger partial charge in [-0.25, -0.2) is 4.98 Å². The lowest BCUT2D eigenvalue weighted by Gasteiger charge is -2.37. The summed E-state index contributed by atoms with van der Waals surface area (Å²) in [7, 11) is 2.08. The van der Waals surface area contributed by atoms with Gasteiger partial charge in [-0.2, -0.15) is 0 Å². The van der Waals surface area contributed by atoms with E-state index in [1.54, 1.807) is 12.4 Å². The van der Waals surface area contributed by atoms with E-state index in [4.69, 9.17) is 10.7 Å². The minimum absolute atomic E-state index is 0.0931. The molecule has 0 radical (unpaired) electrons.